The largest absolute Gasteiger partial charge is 0.274 e. The van der Waals surface area contributed by atoms with E-state index in [9.17, 15) is 4.79 Å². The van der Waals surface area contributed by atoms with Crippen molar-refractivity contribution >= 4 is 57.1 Å². The molecule has 0 atom stereocenters. The molecule has 5 heteroatoms. The molecule has 0 aliphatic carbocycles. The standard InChI is InChI=1S/C25H18Cl2N2O/c1-17(30)29(22-15-11-20(27)12-16-22)25(28-21-13-9-19(26)10-14-21)24-8-4-6-18-5-2-3-7-23(18)24/h2-16H,1H3. The van der Waals surface area contributed by atoms with Crippen molar-refractivity contribution in [2.24, 2.45) is 4.99 Å². The second-order valence-electron chi connectivity index (χ2n) is 6.77. The molecule has 0 aliphatic heterocycles. The van der Waals surface area contributed by atoms with Crippen molar-refractivity contribution in [3.63, 3.8) is 0 Å². The second kappa shape index (κ2) is 8.70. The average Bonchev–Trinajstić information content (AvgIpc) is 2.75. The summed E-state index contributed by atoms with van der Waals surface area (Å²) in [5.41, 5.74) is 2.24. The molecular weight excluding hydrogens is 415 g/mol. The Hall–Kier alpha value is -3.14. The van der Waals surface area contributed by atoms with Gasteiger partial charge in [-0.3, -0.25) is 9.69 Å². The van der Waals surface area contributed by atoms with E-state index in [1.165, 1.54) is 6.92 Å². The quantitative estimate of drug-likeness (QED) is 0.247. The van der Waals surface area contributed by atoms with Crippen molar-refractivity contribution in [2.45, 2.75) is 6.92 Å². The van der Waals surface area contributed by atoms with E-state index < -0.39 is 0 Å². The number of carbonyl (C=O) groups is 1. The number of anilines is 1. The highest BCUT2D eigenvalue weighted by molar-refractivity contribution is 6.31. The minimum Gasteiger partial charge on any atom is -0.274 e. The molecule has 0 aromatic heterocycles. The van der Waals surface area contributed by atoms with Crippen molar-refractivity contribution < 1.29 is 4.79 Å². The molecule has 30 heavy (non-hydrogen) atoms. The van der Waals surface area contributed by atoms with Crippen LogP contribution >= 0.6 is 23.2 Å². The first-order chi connectivity index (χ1) is 14.5. The van der Waals surface area contributed by atoms with Gasteiger partial charge in [0.25, 0.3) is 0 Å². The Balaban J connectivity index is 1.98. The first kappa shape index (κ1) is 20.1. The van der Waals surface area contributed by atoms with E-state index in [0.29, 0.717) is 27.3 Å². The van der Waals surface area contributed by atoms with E-state index in [1.807, 2.05) is 66.7 Å². The van der Waals surface area contributed by atoms with Gasteiger partial charge < -0.3 is 0 Å². The van der Waals surface area contributed by atoms with E-state index in [2.05, 4.69) is 0 Å². The fourth-order valence-electron chi connectivity index (χ4n) is 3.33. The number of carbonyl (C=O) groups excluding carboxylic acids is 1. The molecular formula is C25H18Cl2N2O. The molecule has 0 saturated heterocycles. The summed E-state index contributed by atoms with van der Waals surface area (Å²) in [7, 11) is 0. The van der Waals surface area contributed by atoms with E-state index >= 15 is 0 Å². The third-order valence-corrected chi connectivity index (χ3v) is 5.21. The van der Waals surface area contributed by atoms with Crippen molar-refractivity contribution in [1.82, 2.24) is 0 Å². The number of benzene rings is 4. The van der Waals surface area contributed by atoms with Gasteiger partial charge in [0.15, 0.2) is 0 Å². The number of nitrogens with zero attached hydrogens (tertiary/aromatic N) is 2. The number of aliphatic imine (C=N–C) groups is 1. The lowest BCUT2D eigenvalue weighted by atomic mass is 10.0. The Morgan fingerprint density at radius 1 is 0.767 bits per heavy atom. The predicted octanol–water partition coefficient (Wildman–Crippen LogP) is 7.28. The first-order valence-electron chi connectivity index (χ1n) is 9.41. The zero-order chi connectivity index (χ0) is 21.1. The highest BCUT2D eigenvalue weighted by Gasteiger charge is 2.22. The van der Waals surface area contributed by atoms with Crippen LogP contribution in [-0.4, -0.2) is 11.7 Å². The first-order valence-corrected chi connectivity index (χ1v) is 10.2. The summed E-state index contributed by atoms with van der Waals surface area (Å²) in [4.78, 5) is 19.3. The van der Waals surface area contributed by atoms with Crippen LogP contribution in [0.3, 0.4) is 0 Å². The van der Waals surface area contributed by atoms with Gasteiger partial charge in [0.1, 0.15) is 5.84 Å². The van der Waals surface area contributed by atoms with E-state index in [0.717, 1.165) is 16.3 Å². The smallest absolute Gasteiger partial charge is 0.229 e. The summed E-state index contributed by atoms with van der Waals surface area (Å²) < 4.78 is 0. The van der Waals surface area contributed by atoms with Crippen LogP contribution in [0.25, 0.3) is 10.8 Å². The van der Waals surface area contributed by atoms with Crippen LogP contribution in [0.2, 0.25) is 10.0 Å². The second-order valence-corrected chi connectivity index (χ2v) is 7.64. The van der Waals surface area contributed by atoms with E-state index in [-0.39, 0.29) is 5.91 Å². The molecule has 148 valence electrons. The summed E-state index contributed by atoms with van der Waals surface area (Å²) >= 11 is 12.1. The number of halogens is 2. The van der Waals surface area contributed by atoms with Gasteiger partial charge in [-0.2, -0.15) is 0 Å². The van der Waals surface area contributed by atoms with Crippen LogP contribution in [0.15, 0.2) is 96.0 Å². The van der Waals surface area contributed by atoms with Crippen LogP contribution in [0.5, 0.6) is 0 Å². The number of hydrogen-bond acceptors (Lipinski definition) is 2. The normalized spacial score (nSPS) is 11.5. The maximum Gasteiger partial charge on any atom is 0.229 e. The lowest BCUT2D eigenvalue weighted by Crippen LogP contribution is -2.36. The third kappa shape index (κ3) is 4.23. The van der Waals surface area contributed by atoms with Gasteiger partial charge in [0.05, 0.1) is 11.4 Å². The molecule has 0 unspecified atom stereocenters. The molecule has 0 N–H and O–H groups in total. The van der Waals surface area contributed by atoms with Crippen molar-refractivity contribution in [1.29, 1.82) is 0 Å². The number of rotatable bonds is 3. The molecule has 1 amide bonds. The summed E-state index contributed by atoms with van der Waals surface area (Å²) in [6, 6.07) is 28.4. The zero-order valence-corrected chi connectivity index (χ0v) is 17.7. The molecule has 0 heterocycles. The summed E-state index contributed by atoms with van der Waals surface area (Å²) in [6.45, 7) is 1.52. The van der Waals surface area contributed by atoms with Gasteiger partial charge in [-0.05, 0) is 59.3 Å². The molecule has 0 fully saturated rings. The van der Waals surface area contributed by atoms with Crippen molar-refractivity contribution in [3.05, 3.63) is 107 Å². The molecule has 3 nitrogen and oxygen atoms in total. The molecule has 0 radical (unpaired) electrons. The van der Waals surface area contributed by atoms with Crippen LogP contribution in [0.1, 0.15) is 12.5 Å². The van der Waals surface area contributed by atoms with Crippen molar-refractivity contribution in [2.75, 3.05) is 4.90 Å². The highest BCUT2D eigenvalue weighted by atomic mass is 35.5. The molecule has 0 saturated carbocycles. The van der Waals surface area contributed by atoms with Gasteiger partial charge >= 0.3 is 0 Å². The van der Waals surface area contributed by atoms with Crippen LogP contribution in [-0.2, 0) is 4.79 Å². The fraction of sp³-hybridized carbons (Fsp3) is 0.0400. The van der Waals surface area contributed by atoms with Crippen molar-refractivity contribution in [3.8, 4) is 0 Å². The Bertz CT molecular complexity index is 1230. The number of hydrogen-bond donors (Lipinski definition) is 0. The lowest BCUT2D eigenvalue weighted by molar-refractivity contribution is -0.115. The predicted molar refractivity (Wildman–Crippen MR) is 126 cm³/mol. The van der Waals surface area contributed by atoms with Crippen LogP contribution < -0.4 is 4.90 Å². The molecule has 0 aliphatic rings. The Morgan fingerprint density at radius 2 is 1.37 bits per heavy atom. The summed E-state index contributed by atoms with van der Waals surface area (Å²) in [6.07, 6.45) is 0. The minimum atomic E-state index is -0.155. The van der Waals surface area contributed by atoms with Crippen LogP contribution in [0.4, 0.5) is 11.4 Å². The summed E-state index contributed by atoms with van der Waals surface area (Å²) in [5.74, 6) is 0.377. The van der Waals surface area contributed by atoms with Gasteiger partial charge in [0, 0.05) is 22.5 Å². The Morgan fingerprint density at radius 3 is 2.03 bits per heavy atom. The molecule has 4 rings (SSSR count). The number of fused-ring (bicyclic) bond motifs is 1. The molecule has 4 aromatic carbocycles. The average molecular weight is 433 g/mol. The highest BCUT2D eigenvalue weighted by Crippen LogP contribution is 2.27. The molecule has 0 spiro atoms. The van der Waals surface area contributed by atoms with Gasteiger partial charge in [-0.1, -0.05) is 65.7 Å². The van der Waals surface area contributed by atoms with Gasteiger partial charge in [0.2, 0.25) is 5.91 Å². The van der Waals surface area contributed by atoms with Gasteiger partial charge in [-0.25, -0.2) is 4.99 Å². The number of amides is 1. The summed E-state index contributed by atoms with van der Waals surface area (Å²) in [5, 5.41) is 3.30. The SMILES string of the molecule is CC(=O)N(C(=Nc1ccc(Cl)cc1)c1cccc2ccccc12)c1ccc(Cl)cc1. The van der Waals surface area contributed by atoms with Crippen LogP contribution in [0, 0.1) is 0 Å². The van der Waals surface area contributed by atoms with E-state index in [4.69, 9.17) is 28.2 Å². The fourth-order valence-corrected chi connectivity index (χ4v) is 3.58. The monoisotopic (exact) mass is 432 g/mol. The third-order valence-electron chi connectivity index (χ3n) is 4.70. The molecule has 4 aromatic rings. The lowest BCUT2D eigenvalue weighted by Gasteiger charge is -2.24. The van der Waals surface area contributed by atoms with E-state index in [1.54, 1.807) is 29.2 Å². The number of amidine groups is 1. The maximum atomic E-state index is 12.8. The minimum absolute atomic E-state index is 0.155. The Labute approximate surface area is 185 Å². The zero-order valence-electron chi connectivity index (χ0n) is 16.2. The maximum absolute atomic E-state index is 12.8. The Kier molecular flexibility index (Phi) is 5.84. The molecule has 0 bridgehead atoms. The topological polar surface area (TPSA) is 32.7 Å². The van der Waals surface area contributed by atoms with Gasteiger partial charge in [-0.15, -0.1) is 0 Å².